The van der Waals surface area contributed by atoms with Crippen molar-refractivity contribution in [1.82, 2.24) is 4.98 Å². The average Bonchev–Trinajstić information content (AvgIpc) is 2.09. The molecule has 0 aromatic carbocycles. The van der Waals surface area contributed by atoms with Gasteiger partial charge in [-0.1, -0.05) is 0 Å². The Morgan fingerprint density at radius 3 is 2.71 bits per heavy atom. The van der Waals surface area contributed by atoms with E-state index in [1.165, 1.54) is 0 Å². The van der Waals surface area contributed by atoms with Gasteiger partial charge in [0.05, 0.1) is 18.2 Å². The molecule has 74 valence electrons. The number of nitrogens with zero attached hydrogens (tertiary/aromatic N) is 2. The molecule has 3 nitrogen and oxygen atoms in total. The molecule has 0 aliphatic rings. The lowest BCUT2D eigenvalue weighted by atomic mass is 10.2. The van der Waals surface area contributed by atoms with Crippen LogP contribution in [-0.2, 0) is 6.42 Å². The van der Waals surface area contributed by atoms with Crippen molar-refractivity contribution in [1.29, 1.82) is 5.26 Å². The van der Waals surface area contributed by atoms with Crippen molar-refractivity contribution < 1.29 is 18.3 Å². The number of hydrogen-bond acceptors (Lipinski definition) is 3. The quantitative estimate of drug-likeness (QED) is 0.797. The molecule has 0 aliphatic carbocycles. The zero-order valence-corrected chi connectivity index (χ0v) is 6.84. The van der Waals surface area contributed by atoms with Gasteiger partial charge < -0.3 is 5.11 Å². The summed E-state index contributed by atoms with van der Waals surface area (Å²) in [4.78, 5) is 3.16. The van der Waals surface area contributed by atoms with Crippen LogP contribution in [0.4, 0.5) is 13.2 Å². The molecule has 1 N–H and O–H groups in total. The smallest absolute Gasteiger partial charge is 0.283 e. The van der Waals surface area contributed by atoms with E-state index in [1.807, 2.05) is 0 Å². The lowest BCUT2D eigenvalue weighted by molar-refractivity contribution is 0.140. The van der Waals surface area contributed by atoms with E-state index >= 15 is 0 Å². The van der Waals surface area contributed by atoms with Crippen LogP contribution in [0.25, 0.3) is 0 Å². The number of hydrogen-bond donors (Lipinski definition) is 1. The van der Waals surface area contributed by atoms with Crippen molar-refractivity contribution in [3.05, 3.63) is 23.3 Å². The fraction of sp³-hybridized carbons (Fsp3) is 0.250. The van der Waals surface area contributed by atoms with Crippen LogP contribution in [0.1, 0.15) is 17.8 Å². The van der Waals surface area contributed by atoms with Crippen molar-refractivity contribution >= 4 is 0 Å². The number of aromatic hydroxyl groups is 1. The summed E-state index contributed by atoms with van der Waals surface area (Å²) in [5, 5.41) is 17.3. The average molecular weight is 202 g/mol. The monoisotopic (exact) mass is 202 g/mol. The molecule has 0 spiro atoms. The summed E-state index contributed by atoms with van der Waals surface area (Å²) in [5.41, 5.74) is -1.29. The molecule has 0 unspecified atom stereocenters. The summed E-state index contributed by atoms with van der Waals surface area (Å²) >= 11 is 0. The summed E-state index contributed by atoms with van der Waals surface area (Å²) in [5.74, 6) is -1.87. The molecule has 0 amide bonds. The fourth-order valence-electron chi connectivity index (χ4n) is 0.891. The summed E-state index contributed by atoms with van der Waals surface area (Å²) in [6.07, 6.45) is -3.40. The molecule has 1 aromatic heterocycles. The van der Waals surface area contributed by atoms with Gasteiger partial charge in [0.15, 0.2) is 5.82 Å². The lowest BCUT2D eigenvalue weighted by Gasteiger charge is -2.04. The van der Waals surface area contributed by atoms with E-state index in [4.69, 9.17) is 10.4 Å². The molecular weight excluding hydrogens is 197 g/mol. The maximum atomic E-state index is 12.7. The van der Waals surface area contributed by atoms with E-state index in [1.54, 1.807) is 6.07 Å². The molecule has 0 fully saturated rings. The van der Waals surface area contributed by atoms with Gasteiger partial charge >= 0.3 is 0 Å². The summed E-state index contributed by atoms with van der Waals surface area (Å²) in [6.45, 7) is 0. The minimum Gasteiger partial charge on any atom is -0.506 e. The minimum absolute atomic E-state index is 0.246. The highest BCUT2D eigenvalue weighted by Crippen LogP contribution is 2.25. The molecule has 0 atom stereocenters. The normalized spacial score (nSPS) is 10.2. The maximum Gasteiger partial charge on any atom is 0.283 e. The van der Waals surface area contributed by atoms with Gasteiger partial charge in [-0.2, -0.15) is 5.26 Å². The molecule has 0 radical (unpaired) electrons. The highest BCUT2D eigenvalue weighted by molar-refractivity contribution is 5.31. The third kappa shape index (κ3) is 1.93. The van der Waals surface area contributed by atoms with E-state index in [-0.39, 0.29) is 12.1 Å². The first-order valence-electron chi connectivity index (χ1n) is 3.59. The van der Waals surface area contributed by atoms with Crippen LogP contribution < -0.4 is 0 Å². The van der Waals surface area contributed by atoms with Crippen molar-refractivity contribution in [2.24, 2.45) is 0 Å². The molecule has 1 heterocycles. The van der Waals surface area contributed by atoms with Crippen molar-refractivity contribution in [3.8, 4) is 11.8 Å². The van der Waals surface area contributed by atoms with Gasteiger partial charge in [0.2, 0.25) is 0 Å². The first-order valence-corrected chi connectivity index (χ1v) is 3.59. The van der Waals surface area contributed by atoms with Gasteiger partial charge in [0, 0.05) is 6.07 Å². The van der Waals surface area contributed by atoms with Crippen LogP contribution in [0.5, 0.6) is 5.75 Å². The molecular formula is C8H5F3N2O. The Labute approximate surface area is 77.4 Å². The SMILES string of the molecule is N#CCc1nc(C(F)F)c(F)cc1O. The number of aromatic nitrogens is 1. The van der Waals surface area contributed by atoms with Crippen LogP contribution in [-0.4, -0.2) is 10.1 Å². The number of rotatable bonds is 2. The molecule has 0 saturated heterocycles. The summed E-state index contributed by atoms with van der Waals surface area (Å²) in [7, 11) is 0. The first-order chi connectivity index (χ1) is 6.56. The first kappa shape index (κ1) is 10.3. The van der Waals surface area contributed by atoms with Gasteiger partial charge in [0.25, 0.3) is 6.43 Å². The third-order valence-electron chi connectivity index (χ3n) is 1.51. The van der Waals surface area contributed by atoms with Crippen LogP contribution in [0.15, 0.2) is 6.07 Å². The van der Waals surface area contributed by atoms with E-state index < -0.39 is 23.7 Å². The van der Waals surface area contributed by atoms with Crippen LogP contribution >= 0.6 is 0 Å². The second-order valence-corrected chi connectivity index (χ2v) is 2.46. The molecule has 0 aliphatic heterocycles. The standard InChI is InChI=1S/C8H5F3N2O/c9-4-3-6(14)5(1-2-12)13-7(4)8(10)11/h3,8,14H,1H2. The van der Waals surface area contributed by atoms with Crippen LogP contribution in [0.3, 0.4) is 0 Å². The Hall–Kier alpha value is -1.77. The van der Waals surface area contributed by atoms with Gasteiger partial charge in [-0.15, -0.1) is 0 Å². The number of nitriles is 1. The Morgan fingerprint density at radius 2 is 2.21 bits per heavy atom. The van der Waals surface area contributed by atoms with Crippen molar-refractivity contribution in [2.45, 2.75) is 12.8 Å². The van der Waals surface area contributed by atoms with Gasteiger partial charge in [-0.25, -0.2) is 18.2 Å². The van der Waals surface area contributed by atoms with Gasteiger partial charge in [-0.3, -0.25) is 0 Å². The van der Waals surface area contributed by atoms with Crippen molar-refractivity contribution in [2.75, 3.05) is 0 Å². The van der Waals surface area contributed by atoms with Gasteiger partial charge in [-0.05, 0) is 0 Å². The number of pyridine rings is 1. The Bertz CT molecular complexity index is 387. The largest absolute Gasteiger partial charge is 0.506 e. The van der Waals surface area contributed by atoms with E-state index in [0.717, 1.165) is 0 Å². The van der Waals surface area contributed by atoms with E-state index in [0.29, 0.717) is 6.07 Å². The maximum absolute atomic E-state index is 12.7. The zero-order chi connectivity index (χ0) is 10.7. The predicted molar refractivity (Wildman–Crippen MR) is 40.1 cm³/mol. The van der Waals surface area contributed by atoms with Gasteiger partial charge in [0.1, 0.15) is 11.4 Å². The zero-order valence-electron chi connectivity index (χ0n) is 6.84. The highest BCUT2D eigenvalue weighted by atomic mass is 19.3. The second kappa shape index (κ2) is 3.96. The third-order valence-corrected chi connectivity index (χ3v) is 1.51. The predicted octanol–water partition coefficient (Wildman–Crippen LogP) is 1.93. The molecule has 1 rings (SSSR count). The van der Waals surface area contributed by atoms with Crippen molar-refractivity contribution in [3.63, 3.8) is 0 Å². The van der Waals surface area contributed by atoms with Crippen LogP contribution in [0, 0.1) is 17.1 Å². The Kier molecular flexibility index (Phi) is 2.92. The second-order valence-electron chi connectivity index (χ2n) is 2.46. The topological polar surface area (TPSA) is 56.9 Å². The highest BCUT2D eigenvalue weighted by Gasteiger charge is 2.18. The molecule has 1 aromatic rings. The van der Waals surface area contributed by atoms with E-state index in [9.17, 15) is 13.2 Å². The lowest BCUT2D eigenvalue weighted by Crippen LogP contribution is -2.00. The molecule has 14 heavy (non-hydrogen) atoms. The molecule has 0 bridgehead atoms. The Morgan fingerprint density at radius 1 is 1.57 bits per heavy atom. The minimum atomic E-state index is -3.06. The Balaban J connectivity index is 3.21. The fourth-order valence-corrected chi connectivity index (χ4v) is 0.891. The van der Waals surface area contributed by atoms with E-state index in [2.05, 4.69) is 4.98 Å². The summed E-state index contributed by atoms with van der Waals surface area (Å²) in [6, 6.07) is 2.15. The number of halogens is 3. The number of alkyl halides is 2. The van der Waals surface area contributed by atoms with Crippen LogP contribution in [0.2, 0.25) is 0 Å². The summed E-state index contributed by atoms with van der Waals surface area (Å²) < 4.78 is 37.0. The molecule has 6 heteroatoms. The molecule has 0 saturated carbocycles.